The predicted molar refractivity (Wildman–Crippen MR) is 97.5 cm³/mol. The van der Waals surface area contributed by atoms with Gasteiger partial charge in [-0.2, -0.15) is 5.11 Å². The average molecular weight is 399 g/mol. The highest BCUT2D eigenvalue weighted by atomic mass is 79.9. The van der Waals surface area contributed by atoms with Gasteiger partial charge in [0.2, 0.25) is 0 Å². The number of hydrogen-bond donors (Lipinski definition) is 0. The van der Waals surface area contributed by atoms with Crippen molar-refractivity contribution in [2.24, 2.45) is 10.3 Å². The monoisotopic (exact) mass is 398 g/mol. The Morgan fingerprint density at radius 3 is 2.20 bits per heavy atom. The highest BCUT2D eigenvalue weighted by Crippen LogP contribution is 2.35. The smallest absolute Gasteiger partial charge is 0.263 e. The molecule has 0 radical (unpaired) electrons. The van der Waals surface area contributed by atoms with Gasteiger partial charge in [0, 0.05) is 4.47 Å². The minimum absolute atomic E-state index is 0.298. The molecule has 7 heteroatoms. The molecule has 0 N–H and O–H groups in total. The van der Waals surface area contributed by atoms with Crippen LogP contribution in [0.4, 0.5) is 11.4 Å². The standard InChI is InChI=1S/C18H15BrN4O2/c1-10-7-11(2)9-14(8-10)22-17(24)15-16(18(22)25)23(21-20-15)13-5-3-12(19)4-6-13/h3-9,15-16H,1-2H3/t15-,16-/m1/s1. The van der Waals surface area contributed by atoms with Crippen molar-refractivity contribution in [3.63, 3.8) is 0 Å². The molecule has 0 unspecified atom stereocenters. The summed E-state index contributed by atoms with van der Waals surface area (Å²) in [6.07, 6.45) is 0. The number of imide groups is 1. The minimum Gasteiger partial charge on any atom is -0.271 e. The van der Waals surface area contributed by atoms with E-state index in [2.05, 4.69) is 26.3 Å². The van der Waals surface area contributed by atoms with E-state index in [1.54, 1.807) is 0 Å². The highest BCUT2D eigenvalue weighted by Gasteiger charge is 2.55. The van der Waals surface area contributed by atoms with Crippen molar-refractivity contribution in [2.45, 2.75) is 25.9 Å². The SMILES string of the molecule is Cc1cc(C)cc(N2C(=O)[C@@H]3N=NN(c4ccc(Br)cc4)[C@H]3C2=O)c1. The average Bonchev–Trinajstić information content (AvgIpc) is 3.08. The second-order valence-electron chi connectivity index (χ2n) is 6.27. The predicted octanol–water partition coefficient (Wildman–Crippen LogP) is 3.56. The normalized spacial score (nSPS) is 22.0. The fraction of sp³-hybridized carbons (Fsp3) is 0.222. The first-order valence-corrected chi connectivity index (χ1v) is 8.67. The molecule has 0 spiro atoms. The lowest BCUT2D eigenvalue weighted by Gasteiger charge is -2.21. The van der Waals surface area contributed by atoms with Gasteiger partial charge < -0.3 is 0 Å². The molecule has 126 valence electrons. The molecule has 4 rings (SSSR count). The molecule has 2 aliphatic rings. The van der Waals surface area contributed by atoms with Crippen molar-refractivity contribution in [1.82, 2.24) is 0 Å². The van der Waals surface area contributed by atoms with Crippen molar-refractivity contribution in [1.29, 1.82) is 0 Å². The molecule has 1 saturated heterocycles. The molecule has 0 aromatic heterocycles. The molecule has 2 heterocycles. The molecule has 2 aromatic carbocycles. The molecular weight excluding hydrogens is 384 g/mol. The Kier molecular flexibility index (Phi) is 3.68. The fourth-order valence-corrected chi connectivity index (χ4v) is 3.57. The van der Waals surface area contributed by atoms with Crippen LogP contribution in [0, 0.1) is 13.8 Å². The summed E-state index contributed by atoms with van der Waals surface area (Å²) in [7, 11) is 0. The van der Waals surface area contributed by atoms with Gasteiger partial charge in [0.1, 0.15) is 0 Å². The van der Waals surface area contributed by atoms with Gasteiger partial charge in [-0.1, -0.05) is 27.2 Å². The van der Waals surface area contributed by atoms with E-state index < -0.39 is 12.1 Å². The number of nitrogens with zero attached hydrogens (tertiary/aromatic N) is 4. The Hall–Kier alpha value is -2.54. The second-order valence-corrected chi connectivity index (χ2v) is 7.19. The lowest BCUT2D eigenvalue weighted by Crippen LogP contribution is -2.39. The van der Waals surface area contributed by atoms with E-state index in [-0.39, 0.29) is 11.8 Å². The zero-order valence-electron chi connectivity index (χ0n) is 13.7. The Labute approximate surface area is 153 Å². The maximum absolute atomic E-state index is 13.0. The largest absolute Gasteiger partial charge is 0.271 e. The van der Waals surface area contributed by atoms with Gasteiger partial charge >= 0.3 is 0 Å². The van der Waals surface area contributed by atoms with Crippen LogP contribution < -0.4 is 9.91 Å². The zero-order valence-corrected chi connectivity index (χ0v) is 15.3. The number of fused-ring (bicyclic) bond motifs is 1. The van der Waals surface area contributed by atoms with Crippen LogP contribution in [0.5, 0.6) is 0 Å². The molecule has 1 fully saturated rings. The fourth-order valence-electron chi connectivity index (χ4n) is 3.30. The van der Waals surface area contributed by atoms with Gasteiger partial charge in [0.25, 0.3) is 11.8 Å². The number of hydrogen-bond acceptors (Lipinski definition) is 5. The molecule has 2 amide bonds. The summed E-state index contributed by atoms with van der Waals surface area (Å²) in [6, 6.07) is 11.6. The third kappa shape index (κ3) is 2.55. The molecule has 2 aromatic rings. The van der Waals surface area contributed by atoms with Gasteiger partial charge in [-0.05, 0) is 61.4 Å². The molecule has 0 bridgehead atoms. The number of halogens is 1. The van der Waals surface area contributed by atoms with Gasteiger partial charge in [0.15, 0.2) is 12.1 Å². The number of amides is 2. The Balaban J connectivity index is 1.71. The van der Waals surface area contributed by atoms with Crippen LogP contribution in [0.2, 0.25) is 0 Å². The maximum Gasteiger partial charge on any atom is 0.263 e. The topological polar surface area (TPSA) is 65.3 Å². The number of benzene rings is 2. The van der Waals surface area contributed by atoms with Crippen molar-refractivity contribution in [3.05, 3.63) is 58.1 Å². The summed E-state index contributed by atoms with van der Waals surface area (Å²) >= 11 is 3.38. The van der Waals surface area contributed by atoms with E-state index in [0.29, 0.717) is 5.69 Å². The van der Waals surface area contributed by atoms with Gasteiger partial charge in [-0.15, -0.1) is 0 Å². The number of rotatable bonds is 2. The van der Waals surface area contributed by atoms with Crippen LogP contribution in [-0.4, -0.2) is 23.9 Å². The highest BCUT2D eigenvalue weighted by molar-refractivity contribution is 9.10. The lowest BCUT2D eigenvalue weighted by atomic mass is 10.1. The van der Waals surface area contributed by atoms with Crippen LogP contribution in [-0.2, 0) is 9.59 Å². The number of carbonyl (C=O) groups is 2. The first kappa shape index (κ1) is 16.0. The van der Waals surface area contributed by atoms with Crippen LogP contribution in [0.25, 0.3) is 0 Å². The van der Waals surface area contributed by atoms with Crippen molar-refractivity contribution < 1.29 is 9.59 Å². The van der Waals surface area contributed by atoms with E-state index in [1.807, 2.05) is 56.3 Å². The summed E-state index contributed by atoms with van der Waals surface area (Å²) in [5.74, 6) is -0.628. The van der Waals surface area contributed by atoms with Crippen LogP contribution in [0.1, 0.15) is 11.1 Å². The summed E-state index contributed by atoms with van der Waals surface area (Å²) in [4.78, 5) is 27.0. The molecular formula is C18H15BrN4O2. The quantitative estimate of drug-likeness (QED) is 0.726. The third-order valence-corrected chi connectivity index (χ3v) is 4.87. The van der Waals surface area contributed by atoms with Crippen molar-refractivity contribution in [3.8, 4) is 0 Å². The van der Waals surface area contributed by atoms with Crippen LogP contribution in [0.15, 0.2) is 57.3 Å². The van der Waals surface area contributed by atoms with Gasteiger partial charge in [-0.25, -0.2) is 9.91 Å². The number of aryl methyl sites for hydroxylation is 2. The first-order valence-electron chi connectivity index (χ1n) is 7.87. The maximum atomic E-state index is 13.0. The molecule has 0 saturated carbocycles. The van der Waals surface area contributed by atoms with E-state index in [1.165, 1.54) is 9.91 Å². The van der Waals surface area contributed by atoms with E-state index in [9.17, 15) is 9.59 Å². The summed E-state index contributed by atoms with van der Waals surface area (Å²) < 4.78 is 0.926. The first-order chi connectivity index (χ1) is 12.0. The molecule has 0 aliphatic carbocycles. The third-order valence-electron chi connectivity index (χ3n) is 4.34. The van der Waals surface area contributed by atoms with Gasteiger partial charge in [0.05, 0.1) is 11.4 Å². The van der Waals surface area contributed by atoms with Crippen molar-refractivity contribution in [2.75, 3.05) is 9.91 Å². The Morgan fingerprint density at radius 2 is 1.56 bits per heavy atom. The molecule has 2 atom stereocenters. The van der Waals surface area contributed by atoms with E-state index in [4.69, 9.17) is 0 Å². The summed E-state index contributed by atoms with van der Waals surface area (Å²) in [5.41, 5.74) is 3.31. The lowest BCUT2D eigenvalue weighted by molar-refractivity contribution is -0.121. The van der Waals surface area contributed by atoms with Crippen molar-refractivity contribution >= 4 is 39.1 Å². The Morgan fingerprint density at radius 1 is 0.920 bits per heavy atom. The van der Waals surface area contributed by atoms with Gasteiger partial charge in [-0.3, -0.25) is 9.59 Å². The number of anilines is 2. The number of carbonyl (C=O) groups excluding carboxylic acids is 2. The zero-order chi connectivity index (χ0) is 17.7. The minimum atomic E-state index is -0.794. The molecule has 25 heavy (non-hydrogen) atoms. The molecule has 6 nitrogen and oxygen atoms in total. The summed E-state index contributed by atoms with van der Waals surface area (Å²) in [6.45, 7) is 3.88. The van der Waals surface area contributed by atoms with E-state index in [0.717, 1.165) is 21.3 Å². The van der Waals surface area contributed by atoms with E-state index >= 15 is 0 Å². The van der Waals surface area contributed by atoms with Crippen LogP contribution >= 0.6 is 15.9 Å². The van der Waals surface area contributed by atoms with Crippen LogP contribution in [0.3, 0.4) is 0 Å². The molecule has 2 aliphatic heterocycles. The summed E-state index contributed by atoms with van der Waals surface area (Å²) in [5, 5.41) is 9.64. The Bertz CT molecular complexity index is 890. The second kappa shape index (κ2) is 5.77.